The maximum atomic E-state index is 10.6. The maximum absolute atomic E-state index is 10.6. The van der Waals surface area contributed by atoms with E-state index in [0.717, 1.165) is 0 Å². The number of hydrogen-bond donors (Lipinski definition) is 0. The van der Waals surface area contributed by atoms with Gasteiger partial charge in [0.05, 0.1) is 12.5 Å². The third-order valence-corrected chi connectivity index (χ3v) is 2.11. The fraction of sp³-hybridized carbons (Fsp3) is 0. The third-order valence-electron chi connectivity index (χ3n) is 2.11. The zero-order chi connectivity index (χ0) is 11.4. The quantitative estimate of drug-likeness (QED) is 0.737. The first-order valence-corrected chi connectivity index (χ1v) is 4.58. The van der Waals surface area contributed by atoms with Crippen LogP contribution in [0.1, 0.15) is 32.2 Å². The molecule has 2 aromatic heterocycles. The van der Waals surface area contributed by atoms with E-state index >= 15 is 0 Å². The number of rotatable bonds is 4. The van der Waals surface area contributed by atoms with Crippen molar-refractivity contribution < 1.29 is 18.4 Å². The highest BCUT2D eigenvalue weighted by molar-refractivity contribution is 5.85. The molecule has 80 valence electrons. The summed E-state index contributed by atoms with van der Waals surface area (Å²) in [5, 5.41) is 0. The summed E-state index contributed by atoms with van der Waals surface area (Å²) in [6.45, 7) is 0. The fourth-order valence-corrected chi connectivity index (χ4v) is 1.31. The maximum Gasteiger partial charge on any atom is 0.185 e. The molecule has 16 heavy (non-hydrogen) atoms. The molecule has 2 rings (SSSR count). The van der Waals surface area contributed by atoms with Crippen molar-refractivity contribution in [2.45, 2.75) is 0 Å². The fourth-order valence-electron chi connectivity index (χ4n) is 1.31. The monoisotopic (exact) mass is 216 g/mol. The van der Waals surface area contributed by atoms with Crippen LogP contribution in [0.15, 0.2) is 33.5 Å². The van der Waals surface area contributed by atoms with Crippen molar-refractivity contribution in [2.24, 2.45) is 0 Å². The number of hydrogen-bond acceptors (Lipinski definition) is 4. The summed E-state index contributed by atoms with van der Waals surface area (Å²) < 4.78 is 9.86. The Hall–Kier alpha value is -2.36. The van der Waals surface area contributed by atoms with Gasteiger partial charge in [-0.3, -0.25) is 9.59 Å². The van der Waals surface area contributed by atoms with Crippen molar-refractivity contribution in [1.29, 1.82) is 0 Å². The van der Waals surface area contributed by atoms with E-state index in [1.165, 1.54) is 12.5 Å². The topological polar surface area (TPSA) is 60.4 Å². The number of aldehydes is 2. The predicted molar refractivity (Wildman–Crippen MR) is 57.1 cm³/mol. The second kappa shape index (κ2) is 4.44. The average Bonchev–Trinajstić information content (AvgIpc) is 2.94. The Morgan fingerprint density at radius 2 is 1.25 bits per heavy atom. The van der Waals surface area contributed by atoms with E-state index in [4.69, 9.17) is 8.83 Å². The minimum Gasteiger partial charge on any atom is -0.461 e. The molecule has 4 heteroatoms. The highest BCUT2D eigenvalue weighted by Gasteiger charge is 2.03. The average molecular weight is 216 g/mol. The minimum absolute atomic E-state index is 0.257. The molecule has 0 saturated heterocycles. The van der Waals surface area contributed by atoms with E-state index < -0.39 is 0 Å². The van der Waals surface area contributed by atoms with Crippen LogP contribution >= 0.6 is 0 Å². The molecule has 0 aromatic carbocycles. The first-order chi connectivity index (χ1) is 7.85. The largest absolute Gasteiger partial charge is 0.461 e. The van der Waals surface area contributed by atoms with E-state index in [1.807, 2.05) is 0 Å². The Balaban J connectivity index is 2.27. The standard InChI is InChI=1S/C12H8O4/c13-7-11-9(3-5-15-11)1-2-10-4-6-16-12(10)8-14/h1-8H/b2-1+. The normalized spacial score (nSPS) is 10.8. The molecule has 0 atom stereocenters. The molecule has 0 amide bonds. The van der Waals surface area contributed by atoms with E-state index in [-0.39, 0.29) is 11.5 Å². The van der Waals surface area contributed by atoms with Gasteiger partial charge in [-0.05, 0) is 12.1 Å². The zero-order valence-corrected chi connectivity index (χ0v) is 8.25. The molecule has 0 unspecified atom stereocenters. The van der Waals surface area contributed by atoms with E-state index in [1.54, 1.807) is 24.3 Å². The molecule has 0 fully saturated rings. The van der Waals surface area contributed by atoms with Gasteiger partial charge in [0, 0.05) is 11.1 Å². The summed E-state index contributed by atoms with van der Waals surface area (Å²) in [6, 6.07) is 3.34. The van der Waals surface area contributed by atoms with Crippen LogP contribution in [-0.4, -0.2) is 12.6 Å². The van der Waals surface area contributed by atoms with Crippen LogP contribution < -0.4 is 0 Å². The van der Waals surface area contributed by atoms with Crippen LogP contribution in [0.2, 0.25) is 0 Å². The van der Waals surface area contributed by atoms with Crippen LogP contribution in [0.4, 0.5) is 0 Å². The van der Waals surface area contributed by atoms with Gasteiger partial charge in [0.2, 0.25) is 0 Å². The van der Waals surface area contributed by atoms with Crippen molar-refractivity contribution in [3.8, 4) is 0 Å². The van der Waals surface area contributed by atoms with Crippen molar-refractivity contribution >= 4 is 24.7 Å². The first kappa shape index (κ1) is 10.2. The molecule has 2 heterocycles. The van der Waals surface area contributed by atoms with Crippen LogP contribution in [0.5, 0.6) is 0 Å². The van der Waals surface area contributed by atoms with E-state index in [9.17, 15) is 9.59 Å². The van der Waals surface area contributed by atoms with Gasteiger partial charge >= 0.3 is 0 Å². The van der Waals surface area contributed by atoms with Gasteiger partial charge in [-0.25, -0.2) is 0 Å². The predicted octanol–water partition coefficient (Wildman–Crippen LogP) is 2.67. The number of furan rings is 2. The summed E-state index contributed by atoms with van der Waals surface area (Å²) >= 11 is 0. The molecule has 0 bridgehead atoms. The first-order valence-electron chi connectivity index (χ1n) is 4.58. The van der Waals surface area contributed by atoms with E-state index in [0.29, 0.717) is 23.7 Å². The third kappa shape index (κ3) is 1.86. The molecule has 2 aromatic rings. The lowest BCUT2D eigenvalue weighted by atomic mass is 10.2. The Labute approximate surface area is 91.2 Å². The summed E-state index contributed by atoms with van der Waals surface area (Å²) in [6.07, 6.45) is 7.50. The van der Waals surface area contributed by atoms with Gasteiger partial charge in [0.1, 0.15) is 0 Å². The van der Waals surface area contributed by atoms with Crippen molar-refractivity contribution in [1.82, 2.24) is 0 Å². The smallest absolute Gasteiger partial charge is 0.185 e. The molecule has 0 aliphatic carbocycles. The van der Waals surface area contributed by atoms with Crippen LogP contribution in [-0.2, 0) is 0 Å². The molecular weight excluding hydrogens is 208 g/mol. The van der Waals surface area contributed by atoms with Crippen molar-refractivity contribution in [3.63, 3.8) is 0 Å². The second-order valence-corrected chi connectivity index (χ2v) is 3.05. The molecule has 0 radical (unpaired) electrons. The van der Waals surface area contributed by atoms with Crippen LogP contribution in [0, 0.1) is 0 Å². The molecule has 0 aliphatic rings. The Kier molecular flexibility index (Phi) is 2.82. The minimum atomic E-state index is 0.257. The van der Waals surface area contributed by atoms with Crippen LogP contribution in [0.3, 0.4) is 0 Å². The lowest BCUT2D eigenvalue weighted by Crippen LogP contribution is -1.79. The molecular formula is C12H8O4. The molecule has 0 N–H and O–H groups in total. The van der Waals surface area contributed by atoms with Crippen molar-refractivity contribution in [3.05, 3.63) is 47.3 Å². The Bertz CT molecular complexity index is 482. The highest BCUT2D eigenvalue weighted by atomic mass is 16.3. The van der Waals surface area contributed by atoms with Gasteiger partial charge in [-0.15, -0.1) is 0 Å². The number of carbonyl (C=O) groups excluding carboxylic acids is 2. The Morgan fingerprint density at radius 3 is 1.62 bits per heavy atom. The van der Waals surface area contributed by atoms with E-state index in [2.05, 4.69) is 0 Å². The summed E-state index contributed by atoms with van der Waals surface area (Å²) in [4.78, 5) is 21.1. The van der Waals surface area contributed by atoms with Crippen molar-refractivity contribution in [2.75, 3.05) is 0 Å². The lowest BCUT2D eigenvalue weighted by Gasteiger charge is -1.88. The molecule has 0 saturated carbocycles. The van der Waals surface area contributed by atoms with Gasteiger partial charge in [0.25, 0.3) is 0 Å². The Morgan fingerprint density at radius 1 is 0.812 bits per heavy atom. The highest BCUT2D eigenvalue weighted by Crippen LogP contribution is 2.15. The summed E-state index contributed by atoms with van der Waals surface area (Å²) in [7, 11) is 0. The lowest BCUT2D eigenvalue weighted by molar-refractivity contribution is 0.109. The van der Waals surface area contributed by atoms with Gasteiger partial charge in [-0.1, -0.05) is 12.2 Å². The van der Waals surface area contributed by atoms with Gasteiger partial charge < -0.3 is 8.83 Å². The number of carbonyl (C=O) groups is 2. The van der Waals surface area contributed by atoms with Gasteiger partial charge in [0.15, 0.2) is 24.1 Å². The summed E-state index contributed by atoms with van der Waals surface area (Å²) in [5.74, 6) is 0.514. The summed E-state index contributed by atoms with van der Waals surface area (Å²) in [5.41, 5.74) is 1.32. The molecule has 0 aliphatic heterocycles. The van der Waals surface area contributed by atoms with Gasteiger partial charge in [-0.2, -0.15) is 0 Å². The molecule has 4 nitrogen and oxygen atoms in total. The van der Waals surface area contributed by atoms with Crippen LogP contribution in [0.25, 0.3) is 12.2 Å². The molecule has 0 spiro atoms. The zero-order valence-electron chi connectivity index (χ0n) is 8.25. The second-order valence-electron chi connectivity index (χ2n) is 3.05. The SMILES string of the molecule is O=Cc1occc1/C=C/c1ccoc1C=O.